The highest BCUT2D eigenvalue weighted by Gasteiger charge is 2.12. The summed E-state index contributed by atoms with van der Waals surface area (Å²) in [5.74, 6) is 1.82. The minimum Gasteiger partial charge on any atom is -0.497 e. The van der Waals surface area contributed by atoms with E-state index in [0.717, 1.165) is 28.3 Å². The fraction of sp³-hybridized carbons (Fsp3) is 0.143. The maximum absolute atomic E-state index is 5.20. The van der Waals surface area contributed by atoms with Gasteiger partial charge in [-0.2, -0.15) is 9.97 Å². The zero-order valence-electron chi connectivity index (χ0n) is 15.9. The molecule has 28 heavy (non-hydrogen) atoms. The molecule has 2 N–H and O–H groups in total. The van der Waals surface area contributed by atoms with Gasteiger partial charge in [-0.25, -0.2) is 9.97 Å². The van der Waals surface area contributed by atoms with Gasteiger partial charge >= 0.3 is 0 Å². The average Bonchev–Trinajstić information content (AvgIpc) is 2.71. The summed E-state index contributed by atoms with van der Waals surface area (Å²) in [6.07, 6.45) is 3.25. The number of aromatic nitrogens is 4. The van der Waals surface area contributed by atoms with Crippen LogP contribution in [0.5, 0.6) is 5.75 Å². The van der Waals surface area contributed by atoms with Gasteiger partial charge in [-0.1, -0.05) is 12.1 Å². The maximum Gasteiger partial charge on any atom is 0.231 e. The van der Waals surface area contributed by atoms with Crippen LogP contribution in [0.15, 0.2) is 54.9 Å². The Morgan fingerprint density at radius 3 is 2.43 bits per heavy atom. The molecule has 0 amide bonds. The third-order valence-electron chi connectivity index (χ3n) is 4.33. The summed E-state index contributed by atoms with van der Waals surface area (Å²) in [7, 11) is 1.64. The summed E-state index contributed by atoms with van der Waals surface area (Å²) < 4.78 is 5.20. The number of anilines is 4. The molecule has 0 radical (unpaired) electrons. The molecular formula is C21H20N6O. The lowest BCUT2D eigenvalue weighted by atomic mass is 10.1. The molecule has 0 aliphatic heterocycles. The van der Waals surface area contributed by atoms with E-state index < -0.39 is 0 Å². The monoisotopic (exact) mass is 372 g/mol. The lowest BCUT2D eigenvalue weighted by Crippen LogP contribution is -2.05. The summed E-state index contributed by atoms with van der Waals surface area (Å²) in [6.45, 7) is 4.10. The van der Waals surface area contributed by atoms with Crippen molar-refractivity contribution in [1.82, 2.24) is 19.9 Å². The number of hydrogen-bond acceptors (Lipinski definition) is 7. The summed E-state index contributed by atoms with van der Waals surface area (Å²) in [5, 5.41) is 6.60. The van der Waals surface area contributed by atoms with Crippen molar-refractivity contribution >= 4 is 34.3 Å². The Morgan fingerprint density at radius 2 is 1.64 bits per heavy atom. The molecule has 0 spiro atoms. The van der Waals surface area contributed by atoms with Crippen LogP contribution in [0, 0.1) is 13.8 Å². The molecule has 0 aliphatic rings. The number of aryl methyl sites for hydroxylation is 2. The predicted octanol–water partition coefficient (Wildman–Crippen LogP) is 4.53. The summed E-state index contributed by atoms with van der Waals surface area (Å²) in [5.41, 5.74) is 5.23. The maximum atomic E-state index is 5.20. The van der Waals surface area contributed by atoms with Crippen molar-refractivity contribution in [2.45, 2.75) is 13.8 Å². The number of nitrogens with zero attached hydrogens (tertiary/aromatic N) is 4. The molecule has 2 heterocycles. The third-order valence-corrected chi connectivity index (χ3v) is 4.33. The molecule has 0 atom stereocenters. The van der Waals surface area contributed by atoms with Crippen LogP contribution in [0.3, 0.4) is 0 Å². The molecule has 7 nitrogen and oxygen atoms in total. The Balaban J connectivity index is 1.73. The zero-order chi connectivity index (χ0) is 19.5. The SMILES string of the molecule is COc1ccc(Nc2nc(Nc3cc(C)ccc3C)c3nccnc3n2)cc1. The number of ether oxygens (including phenoxy) is 1. The first-order valence-electron chi connectivity index (χ1n) is 8.86. The van der Waals surface area contributed by atoms with Gasteiger partial charge in [0.05, 0.1) is 7.11 Å². The fourth-order valence-electron chi connectivity index (χ4n) is 2.81. The summed E-state index contributed by atoms with van der Waals surface area (Å²) in [4.78, 5) is 17.9. The number of nitrogens with one attached hydrogen (secondary N) is 2. The molecular weight excluding hydrogens is 352 g/mol. The molecule has 0 aliphatic carbocycles. The Kier molecular flexibility index (Phi) is 4.72. The molecule has 0 fully saturated rings. The minimum absolute atomic E-state index is 0.436. The van der Waals surface area contributed by atoms with Crippen LogP contribution in [0.1, 0.15) is 11.1 Å². The van der Waals surface area contributed by atoms with Crippen molar-refractivity contribution in [3.63, 3.8) is 0 Å². The second-order valence-corrected chi connectivity index (χ2v) is 6.42. The van der Waals surface area contributed by atoms with Crippen molar-refractivity contribution in [3.8, 4) is 5.75 Å². The highest BCUT2D eigenvalue weighted by atomic mass is 16.5. The van der Waals surface area contributed by atoms with E-state index in [0.29, 0.717) is 22.9 Å². The van der Waals surface area contributed by atoms with Crippen LogP contribution in [-0.2, 0) is 0 Å². The second-order valence-electron chi connectivity index (χ2n) is 6.42. The molecule has 4 aromatic rings. The van der Waals surface area contributed by atoms with Crippen molar-refractivity contribution < 1.29 is 4.74 Å². The van der Waals surface area contributed by atoms with E-state index in [9.17, 15) is 0 Å². The number of hydrogen-bond donors (Lipinski definition) is 2. The number of rotatable bonds is 5. The Labute approximate surface area is 162 Å². The lowest BCUT2D eigenvalue weighted by molar-refractivity contribution is 0.415. The van der Waals surface area contributed by atoms with Crippen LogP contribution in [0.2, 0.25) is 0 Å². The van der Waals surface area contributed by atoms with Crippen LogP contribution in [0.4, 0.5) is 23.1 Å². The molecule has 0 unspecified atom stereocenters. The molecule has 0 bridgehead atoms. The van der Waals surface area contributed by atoms with Crippen molar-refractivity contribution in [2.24, 2.45) is 0 Å². The fourth-order valence-corrected chi connectivity index (χ4v) is 2.81. The van der Waals surface area contributed by atoms with Crippen molar-refractivity contribution in [3.05, 3.63) is 66.0 Å². The first-order chi connectivity index (χ1) is 13.6. The first-order valence-corrected chi connectivity index (χ1v) is 8.86. The topological polar surface area (TPSA) is 84.9 Å². The molecule has 7 heteroatoms. The molecule has 2 aromatic carbocycles. The van der Waals surface area contributed by atoms with Gasteiger partial charge in [0.25, 0.3) is 0 Å². The van der Waals surface area contributed by atoms with E-state index in [2.05, 4.69) is 55.7 Å². The van der Waals surface area contributed by atoms with Gasteiger partial charge in [0.15, 0.2) is 17.0 Å². The van der Waals surface area contributed by atoms with E-state index in [1.165, 1.54) is 0 Å². The van der Waals surface area contributed by atoms with Gasteiger partial charge in [0.1, 0.15) is 5.75 Å². The quantitative estimate of drug-likeness (QED) is 0.532. The predicted molar refractivity (Wildman–Crippen MR) is 111 cm³/mol. The van der Waals surface area contributed by atoms with Crippen LogP contribution in [0.25, 0.3) is 11.2 Å². The number of methoxy groups -OCH3 is 1. The highest BCUT2D eigenvalue weighted by Crippen LogP contribution is 2.26. The van der Waals surface area contributed by atoms with Crippen LogP contribution in [-0.4, -0.2) is 27.0 Å². The van der Waals surface area contributed by atoms with E-state index >= 15 is 0 Å². The lowest BCUT2D eigenvalue weighted by Gasteiger charge is -2.13. The molecule has 4 rings (SSSR count). The Bertz CT molecular complexity index is 1130. The van der Waals surface area contributed by atoms with Gasteiger partial charge in [-0.15, -0.1) is 0 Å². The van der Waals surface area contributed by atoms with Gasteiger partial charge in [-0.3, -0.25) is 0 Å². The summed E-state index contributed by atoms with van der Waals surface area (Å²) in [6, 6.07) is 13.8. The van der Waals surface area contributed by atoms with Crippen LogP contribution < -0.4 is 15.4 Å². The molecule has 0 saturated carbocycles. The van der Waals surface area contributed by atoms with Gasteiger partial charge < -0.3 is 15.4 Å². The Hall–Kier alpha value is -3.74. The van der Waals surface area contributed by atoms with Gasteiger partial charge in [0, 0.05) is 23.8 Å². The number of benzene rings is 2. The minimum atomic E-state index is 0.436. The van der Waals surface area contributed by atoms with Gasteiger partial charge in [-0.05, 0) is 55.3 Å². The van der Waals surface area contributed by atoms with E-state index in [-0.39, 0.29) is 0 Å². The number of fused-ring (bicyclic) bond motifs is 1. The first kappa shape index (κ1) is 17.7. The molecule has 0 saturated heterocycles. The summed E-state index contributed by atoms with van der Waals surface area (Å²) >= 11 is 0. The standard InChI is InChI=1S/C21H20N6O/c1-13-4-5-14(2)17(12-13)25-20-18-19(23-11-10-22-18)26-21(27-20)24-15-6-8-16(28-3)9-7-15/h4-12H,1-3H3,(H2,23,24,25,26,27). The third kappa shape index (κ3) is 3.68. The smallest absolute Gasteiger partial charge is 0.231 e. The zero-order valence-corrected chi connectivity index (χ0v) is 15.9. The van der Waals surface area contributed by atoms with Crippen molar-refractivity contribution in [1.29, 1.82) is 0 Å². The highest BCUT2D eigenvalue weighted by molar-refractivity contribution is 5.86. The molecule has 140 valence electrons. The second kappa shape index (κ2) is 7.48. The van der Waals surface area contributed by atoms with E-state index in [1.54, 1.807) is 19.5 Å². The van der Waals surface area contributed by atoms with E-state index in [1.807, 2.05) is 31.2 Å². The van der Waals surface area contributed by atoms with Gasteiger partial charge in [0.2, 0.25) is 5.95 Å². The van der Waals surface area contributed by atoms with Crippen LogP contribution >= 0.6 is 0 Å². The normalized spacial score (nSPS) is 10.7. The Morgan fingerprint density at radius 1 is 0.857 bits per heavy atom. The van der Waals surface area contributed by atoms with Crippen molar-refractivity contribution in [2.75, 3.05) is 17.7 Å². The van der Waals surface area contributed by atoms with E-state index in [4.69, 9.17) is 4.74 Å². The average molecular weight is 372 g/mol. The largest absolute Gasteiger partial charge is 0.497 e. The molecule has 2 aromatic heterocycles.